The first-order chi connectivity index (χ1) is 12.2. The summed E-state index contributed by atoms with van der Waals surface area (Å²) in [7, 11) is 0.753. The molecule has 138 valence electrons. The van der Waals surface area contributed by atoms with Crippen molar-refractivity contribution < 1.29 is 32.2 Å². The molecule has 0 aromatic heterocycles. The Morgan fingerprint density at radius 1 is 1.15 bits per heavy atom. The smallest absolute Gasteiger partial charge is 0.423 e. The molecule has 0 aliphatic carbocycles. The molecule has 1 unspecified atom stereocenters. The van der Waals surface area contributed by atoms with Gasteiger partial charge >= 0.3 is 18.2 Å². The Bertz CT molecular complexity index is 719. The summed E-state index contributed by atoms with van der Waals surface area (Å²) in [4.78, 5) is 24.4. The lowest BCUT2D eigenvalue weighted by molar-refractivity contribution is -0.232. The second kappa shape index (κ2) is 8.82. The van der Waals surface area contributed by atoms with Gasteiger partial charge in [-0.05, 0) is 5.56 Å². The molecule has 0 fully saturated rings. The van der Waals surface area contributed by atoms with Crippen molar-refractivity contribution in [2.45, 2.75) is 24.7 Å². The summed E-state index contributed by atoms with van der Waals surface area (Å²) in [6.45, 7) is -1.17. The lowest BCUT2D eigenvalue weighted by Gasteiger charge is -2.39. The maximum atomic E-state index is 13.8. The normalized spacial score (nSPS) is 12.8. The summed E-state index contributed by atoms with van der Waals surface area (Å²) < 4.78 is 50.5. The van der Waals surface area contributed by atoms with Crippen molar-refractivity contribution in [2.24, 2.45) is 0 Å². The maximum absolute atomic E-state index is 13.8. The van der Waals surface area contributed by atoms with Crippen LogP contribution in [0.4, 0.5) is 18.0 Å². The molecule has 0 spiro atoms. The number of halogens is 3. The van der Waals surface area contributed by atoms with Gasteiger partial charge in [0.1, 0.15) is 6.61 Å². The van der Waals surface area contributed by atoms with Crippen molar-refractivity contribution in [1.82, 2.24) is 4.90 Å². The summed E-state index contributed by atoms with van der Waals surface area (Å²) in [6, 6.07) is 8.26. The molecular formula is C18H16F3NO4. The highest BCUT2D eigenvalue weighted by Crippen LogP contribution is 2.39. The Morgan fingerprint density at radius 3 is 2.23 bits per heavy atom. The molecule has 1 aromatic rings. The van der Waals surface area contributed by atoms with Crippen LogP contribution < -0.4 is 0 Å². The number of amides is 1. The van der Waals surface area contributed by atoms with Crippen LogP contribution >= 0.6 is 0 Å². The van der Waals surface area contributed by atoms with E-state index in [4.69, 9.17) is 17.6 Å². The molecule has 0 saturated carbocycles. The zero-order valence-corrected chi connectivity index (χ0v) is 13.9. The van der Waals surface area contributed by atoms with Crippen molar-refractivity contribution in [3.8, 4) is 24.7 Å². The van der Waals surface area contributed by atoms with E-state index in [1.165, 1.54) is 0 Å². The number of ether oxygens (including phenoxy) is 2. The minimum atomic E-state index is -5.24. The Labute approximate surface area is 149 Å². The van der Waals surface area contributed by atoms with E-state index in [0.717, 1.165) is 7.11 Å². The fourth-order valence-electron chi connectivity index (χ4n) is 2.21. The van der Waals surface area contributed by atoms with Gasteiger partial charge in [-0.2, -0.15) is 13.2 Å². The van der Waals surface area contributed by atoms with E-state index in [9.17, 15) is 22.8 Å². The van der Waals surface area contributed by atoms with E-state index < -0.39 is 36.7 Å². The molecule has 26 heavy (non-hydrogen) atoms. The van der Waals surface area contributed by atoms with Crippen LogP contribution in [0.1, 0.15) is 12.0 Å². The second-order valence-electron chi connectivity index (χ2n) is 5.06. The number of alkyl halides is 3. The standard InChI is InChI=1S/C18H16F3NO4/c1-4-11-17(15(23)25-3,18(19,20)21)22(12-5-2)16(24)26-13-14-9-7-6-8-10-14/h1-2,6-10H,11-13H2,3H3. The third kappa shape index (κ3) is 4.28. The molecule has 8 heteroatoms. The number of hydrogen-bond donors (Lipinski definition) is 0. The molecule has 1 amide bonds. The number of methoxy groups -OCH3 is 1. The highest BCUT2D eigenvalue weighted by molar-refractivity contribution is 5.87. The lowest BCUT2D eigenvalue weighted by Crippen LogP contribution is -2.66. The molecule has 5 nitrogen and oxygen atoms in total. The molecule has 1 rings (SSSR count). The number of benzene rings is 1. The van der Waals surface area contributed by atoms with Crippen molar-refractivity contribution in [3.05, 3.63) is 35.9 Å². The van der Waals surface area contributed by atoms with Crippen LogP contribution in [-0.2, 0) is 20.9 Å². The van der Waals surface area contributed by atoms with E-state index in [-0.39, 0.29) is 11.5 Å². The monoisotopic (exact) mass is 367 g/mol. The van der Waals surface area contributed by atoms with Gasteiger partial charge in [-0.15, -0.1) is 18.8 Å². The van der Waals surface area contributed by atoms with E-state index in [1.54, 1.807) is 36.3 Å². The Balaban J connectivity index is 3.26. The van der Waals surface area contributed by atoms with Crippen molar-refractivity contribution in [1.29, 1.82) is 0 Å². The fraction of sp³-hybridized carbons (Fsp3) is 0.333. The first-order valence-electron chi connectivity index (χ1n) is 7.25. The summed E-state index contributed by atoms with van der Waals surface area (Å²) in [5, 5.41) is 0. The number of esters is 1. The Morgan fingerprint density at radius 2 is 1.77 bits per heavy atom. The highest BCUT2D eigenvalue weighted by Gasteiger charge is 2.66. The molecule has 0 heterocycles. The molecule has 0 saturated heterocycles. The summed E-state index contributed by atoms with van der Waals surface area (Å²) in [6.07, 6.45) is 2.24. The number of rotatable bonds is 6. The summed E-state index contributed by atoms with van der Waals surface area (Å²) in [5.41, 5.74) is -2.91. The Kier molecular flexibility index (Phi) is 7.09. The van der Waals surface area contributed by atoms with Crippen LogP contribution in [0.15, 0.2) is 30.3 Å². The largest absolute Gasteiger partial charge is 0.467 e. The fourth-order valence-corrected chi connectivity index (χ4v) is 2.21. The first-order valence-corrected chi connectivity index (χ1v) is 7.25. The van der Waals surface area contributed by atoms with Crippen LogP contribution in [0.5, 0.6) is 0 Å². The third-order valence-corrected chi connectivity index (χ3v) is 3.49. The average Bonchev–Trinajstić information content (AvgIpc) is 2.61. The third-order valence-electron chi connectivity index (χ3n) is 3.49. The first kappa shape index (κ1) is 20.9. The lowest BCUT2D eigenvalue weighted by atomic mass is 9.92. The van der Waals surface area contributed by atoms with Crippen LogP contribution in [0.2, 0.25) is 0 Å². The number of carbonyl (C=O) groups excluding carboxylic acids is 2. The molecular weight excluding hydrogens is 351 g/mol. The molecule has 0 bridgehead atoms. The minimum Gasteiger partial charge on any atom is -0.467 e. The molecule has 0 N–H and O–H groups in total. The van der Waals surface area contributed by atoms with Crippen LogP contribution in [0.25, 0.3) is 0 Å². The molecule has 1 atom stereocenters. The molecule has 0 radical (unpaired) electrons. The van der Waals surface area contributed by atoms with Gasteiger partial charge in [0.15, 0.2) is 0 Å². The van der Waals surface area contributed by atoms with Gasteiger partial charge in [0.05, 0.1) is 20.1 Å². The zero-order valence-electron chi connectivity index (χ0n) is 13.9. The van der Waals surface area contributed by atoms with Gasteiger partial charge in [-0.3, -0.25) is 4.90 Å². The van der Waals surface area contributed by atoms with Gasteiger partial charge in [-0.25, -0.2) is 9.59 Å². The van der Waals surface area contributed by atoms with E-state index >= 15 is 0 Å². The van der Waals surface area contributed by atoms with Crippen molar-refractivity contribution >= 4 is 12.1 Å². The van der Waals surface area contributed by atoms with Gasteiger partial charge in [0, 0.05) is 0 Å². The minimum absolute atomic E-state index is 0.0711. The highest BCUT2D eigenvalue weighted by atomic mass is 19.4. The van der Waals surface area contributed by atoms with Crippen LogP contribution in [-0.4, -0.2) is 42.3 Å². The van der Waals surface area contributed by atoms with Gasteiger partial charge in [-0.1, -0.05) is 36.3 Å². The zero-order chi connectivity index (χ0) is 19.8. The summed E-state index contributed by atoms with van der Waals surface area (Å²) >= 11 is 0. The average molecular weight is 367 g/mol. The number of nitrogens with zero attached hydrogens (tertiary/aromatic N) is 1. The number of hydrogen-bond acceptors (Lipinski definition) is 4. The van der Waals surface area contributed by atoms with E-state index in [1.807, 2.05) is 5.92 Å². The summed E-state index contributed by atoms with van der Waals surface area (Å²) in [5.74, 6) is 1.91. The molecule has 1 aromatic carbocycles. The second-order valence-corrected chi connectivity index (χ2v) is 5.06. The maximum Gasteiger partial charge on any atom is 0.423 e. The van der Waals surface area contributed by atoms with E-state index in [0.29, 0.717) is 5.56 Å². The quantitative estimate of drug-likeness (QED) is 0.573. The Hall–Kier alpha value is -3.13. The number of carbonyl (C=O) groups is 2. The number of terminal acetylenes is 2. The van der Waals surface area contributed by atoms with Crippen molar-refractivity contribution in [2.75, 3.05) is 13.7 Å². The van der Waals surface area contributed by atoms with Crippen molar-refractivity contribution in [3.63, 3.8) is 0 Å². The van der Waals surface area contributed by atoms with E-state index in [2.05, 4.69) is 4.74 Å². The molecule has 0 aliphatic heterocycles. The predicted molar refractivity (Wildman–Crippen MR) is 86.4 cm³/mol. The van der Waals surface area contributed by atoms with Gasteiger partial charge in [0.25, 0.3) is 5.54 Å². The molecule has 0 aliphatic rings. The topological polar surface area (TPSA) is 55.8 Å². The van der Waals surface area contributed by atoms with Gasteiger partial charge < -0.3 is 9.47 Å². The van der Waals surface area contributed by atoms with Crippen LogP contribution in [0, 0.1) is 24.7 Å². The SMILES string of the molecule is C#CCN(C(=O)OCc1ccccc1)C(CC#C)(C(=O)OC)C(F)(F)F. The van der Waals surface area contributed by atoms with Gasteiger partial charge in [0.2, 0.25) is 0 Å². The predicted octanol–water partition coefficient (Wildman–Crippen LogP) is 2.76. The van der Waals surface area contributed by atoms with Crippen LogP contribution in [0.3, 0.4) is 0 Å².